The fraction of sp³-hybridized carbons (Fsp3) is 0.231. The Kier molecular flexibility index (Phi) is 5.88. The lowest BCUT2D eigenvalue weighted by Gasteiger charge is -2.14. The van der Waals surface area contributed by atoms with Gasteiger partial charge in [0.05, 0.1) is 12.2 Å². The number of fused-ring (bicyclic) bond motifs is 3. The van der Waals surface area contributed by atoms with E-state index in [1.54, 1.807) is 0 Å². The lowest BCUT2D eigenvalue weighted by Crippen LogP contribution is -2.08. The van der Waals surface area contributed by atoms with Crippen molar-refractivity contribution in [3.8, 4) is 27.8 Å². The SMILES string of the molecule is CCOC(=O)c1sc(Oc2ccc(OCc3ccccc3)cc2)c2c1CCc1cn(C)nc1-2. The maximum atomic E-state index is 12.6. The van der Waals surface area contributed by atoms with Crippen LogP contribution in [0.3, 0.4) is 0 Å². The first-order valence-corrected chi connectivity index (χ1v) is 11.7. The molecule has 0 radical (unpaired) electrons. The molecule has 7 heteroatoms. The van der Waals surface area contributed by atoms with Crippen molar-refractivity contribution >= 4 is 17.3 Å². The molecule has 2 aromatic carbocycles. The summed E-state index contributed by atoms with van der Waals surface area (Å²) in [6, 6.07) is 17.6. The molecule has 0 unspecified atom stereocenters. The van der Waals surface area contributed by atoms with Crippen LogP contribution >= 0.6 is 11.3 Å². The molecule has 33 heavy (non-hydrogen) atoms. The van der Waals surface area contributed by atoms with E-state index >= 15 is 0 Å². The van der Waals surface area contributed by atoms with E-state index in [1.165, 1.54) is 11.3 Å². The molecule has 0 amide bonds. The van der Waals surface area contributed by atoms with Gasteiger partial charge in [0.2, 0.25) is 0 Å². The highest BCUT2D eigenvalue weighted by Gasteiger charge is 2.31. The number of thiophene rings is 1. The molecule has 2 aromatic heterocycles. The normalized spacial score (nSPS) is 12.1. The lowest BCUT2D eigenvalue weighted by atomic mass is 9.92. The number of carbonyl (C=O) groups is 1. The molecule has 0 bridgehead atoms. The minimum atomic E-state index is -0.308. The van der Waals surface area contributed by atoms with Gasteiger partial charge >= 0.3 is 5.97 Å². The molecule has 1 aliphatic carbocycles. The third-order valence-electron chi connectivity index (χ3n) is 5.50. The van der Waals surface area contributed by atoms with Gasteiger partial charge in [-0.15, -0.1) is 0 Å². The van der Waals surface area contributed by atoms with Crippen LogP contribution in [0.1, 0.15) is 33.3 Å². The van der Waals surface area contributed by atoms with E-state index in [0.29, 0.717) is 28.9 Å². The molecule has 0 aliphatic heterocycles. The zero-order valence-electron chi connectivity index (χ0n) is 18.5. The molecule has 168 valence electrons. The first-order chi connectivity index (χ1) is 16.1. The van der Waals surface area contributed by atoms with E-state index in [0.717, 1.165) is 46.5 Å². The number of benzene rings is 2. The van der Waals surface area contributed by atoms with E-state index in [2.05, 4.69) is 5.10 Å². The van der Waals surface area contributed by atoms with Crippen LogP contribution in [-0.2, 0) is 31.2 Å². The smallest absolute Gasteiger partial charge is 0.348 e. The molecule has 0 fully saturated rings. The van der Waals surface area contributed by atoms with E-state index in [9.17, 15) is 4.79 Å². The summed E-state index contributed by atoms with van der Waals surface area (Å²) in [5, 5.41) is 5.31. The number of ether oxygens (including phenoxy) is 3. The van der Waals surface area contributed by atoms with Crippen LogP contribution in [0.2, 0.25) is 0 Å². The zero-order chi connectivity index (χ0) is 22.8. The second kappa shape index (κ2) is 9.11. The molecular weight excluding hydrogens is 436 g/mol. The summed E-state index contributed by atoms with van der Waals surface area (Å²) in [4.78, 5) is 13.2. The van der Waals surface area contributed by atoms with E-state index in [-0.39, 0.29) is 5.97 Å². The largest absolute Gasteiger partial charge is 0.489 e. The first-order valence-electron chi connectivity index (χ1n) is 10.9. The van der Waals surface area contributed by atoms with Gasteiger partial charge in [-0.1, -0.05) is 41.7 Å². The summed E-state index contributed by atoms with van der Waals surface area (Å²) < 4.78 is 19.3. The van der Waals surface area contributed by atoms with E-state index < -0.39 is 0 Å². The molecule has 1 aliphatic rings. The Balaban J connectivity index is 1.41. The number of esters is 1. The standard InChI is InChI=1S/C26H24N2O4S/c1-3-30-25(29)24-21-14-9-18-15-28(2)27-23(18)22(21)26(33-24)32-20-12-10-19(11-13-20)31-16-17-7-5-4-6-8-17/h4-8,10-13,15H,3,9,14,16H2,1-2H3. The predicted molar refractivity (Wildman–Crippen MR) is 127 cm³/mol. The second-order valence-corrected chi connectivity index (χ2v) is 8.80. The topological polar surface area (TPSA) is 62.6 Å². The monoisotopic (exact) mass is 460 g/mol. The summed E-state index contributed by atoms with van der Waals surface area (Å²) >= 11 is 1.33. The van der Waals surface area contributed by atoms with Gasteiger partial charge in [-0.25, -0.2) is 4.79 Å². The van der Waals surface area contributed by atoms with Crippen LogP contribution in [0.15, 0.2) is 60.8 Å². The Bertz CT molecular complexity index is 1280. The van der Waals surface area contributed by atoms with Gasteiger partial charge in [0.25, 0.3) is 0 Å². The molecular formula is C26H24N2O4S. The molecule has 0 atom stereocenters. The Hall–Kier alpha value is -3.58. The van der Waals surface area contributed by atoms with Crippen molar-refractivity contribution < 1.29 is 19.0 Å². The number of aromatic nitrogens is 2. The van der Waals surface area contributed by atoms with Gasteiger partial charge in [0.15, 0.2) is 5.06 Å². The summed E-state index contributed by atoms with van der Waals surface area (Å²) in [7, 11) is 1.91. The predicted octanol–water partition coefficient (Wildman–Crippen LogP) is 5.80. The Morgan fingerprint density at radius 2 is 1.82 bits per heavy atom. The Morgan fingerprint density at radius 1 is 1.06 bits per heavy atom. The molecule has 0 saturated heterocycles. The third-order valence-corrected chi connectivity index (χ3v) is 6.59. The van der Waals surface area contributed by atoms with Crippen molar-refractivity contribution in [2.24, 2.45) is 7.05 Å². The van der Waals surface area contributed by atoms with Crippen LogP contribution in [0.5, 0.6) is 16.6 Å². The number of hydrogen-bond acceptors (Lipinski definition) is 6. The molecule has 6 nitrogen and oxygen atoms in total. The van der Waals surface area contributed by atoms with Crippen LogP contribution in [0.4, 0.5) is 0 Å². The summed E-state index contributed by atoms with van der Waals surface area (Å²) in [5.41, 5.74) is 5.01. The van der Waals surface area contributed by atoms with Gasteiger partial charge in [-0.3, -0.25) is 4.68 Å². The maximum absolute atomic E-state index is 12.6. The van der Waals surface area contributed by atoms with Gasteiger partial charge in [0.1, 0.15) is 28.7 Å². The van der Waals surface area contributed by atoms with Crippen LogP contribution in [0, 0.1) is 0 Å². The van der Waals surface area contributed by atoms with E-state index in [4.69, 9.17) is 14.2 Å². The van der Waals surface area contributed by atoms with Gasteiger partial charge in [0, 0.05) is 13.2 Å². The molecule has 0 N–H and O–H groups in total. The molecule has 0 saturated carbocycles. The van der Waals surface area contributed by atoms with E-state index in [1.807, 2.05) is 79.4 Å². The number of nitrogens with zero attached hydrogens (tertiary/aromatic N) is 2. The Morgan fingerprint density at radius 3 is 2.58 bits per heavy atom. The van der Waals surface area contributed by atoms with Crippen molar-refractivity contribution in [3.63, 3.8) is 0 Å². The fourth-order valence-electron chi connectivity index (χ4n) is 4.00. The highest BCUT2D eigenvalue weighted by atomic mass is 32.1. The minimum absolute atomic E-state index is 0.308. The number of carbonyl (C=O) groups excluding carboxylic acids is 1. The first kappa shape index (κ1) is 21.3. The highest BCUT2D eigenvalue weighted by Crippen LogP contribution is 2.48. The average Bonchev–Trinajstić information content (AvgIpc) is 3.39. The minimum Gasteiger partial charge on any atom is -0.489 e. The van der Waals surface area contributed by atoms with Crippen molar-refractivity contribution in [3.05, 3.63) is 82.4 Å². The Labute approximate surface area is 196 Å². The third kappa shape index (κ3) is 4.36. The summed E-state index contributed by atoms with van der Waals surface area (Å²) in [6.45, 7) is 2.65. The molecule has 5 rings (SSSR count). The molecule has 4 aromatic rings. The molecule has 0 spiro atoms. The number of hydrogen-bond donors (Lipinski definition) is 0. The quantitative estimate of drug-likeness (QED) is 0.327. The van der Waals surface area contributed by atoms with Crippen molar-refractivity contribution in [2.45, 2.75) is 26.4 Å². The van der Waals surface area contributed by atoms with Gasteiger partial charge in [-0.05, 0) is 60.7 Å². The van der Waals surface area contributed by atoms with Gasteiger partial charge in [-0.2, -0.15) is 5.10 Å². The van der Waals surface area contributed by atoms with Gasteiger partial charge < -0.3 is 14.2 Å². The van der Waals surface area contributed by atoms with Crippen LogP contribution in [0.25, 0.3) is 11.3 Å². The van der Waals surface area contributed by atoms with Crippen LogP contribution < -0.4 is 9.47 Å². The maximum Gasteiger partial charge on any atom is 0.348 e. The highest BCUT2D eigenvalue weighted by molar-refractivity contribution is 7.16. The fourth-order valence-corrected chi connectivity index (χ4v) is 5.11. The second-order valence-electron chi connectivity index (χ2n) is 7.82. The number of aryl methyl sites for hydroxylation is 2. The summed E-state index contributed by atoms with van der Waals surface area (Å²) in [6.07, 6.45) is 3.63. The summed E-state index contributed by atoms with van der Waals surface area (Å²) in [5.74, 6) is 1.13. The lowest BCUT2D eigenvalue weighted by molar-refractivity contribution is 0.0531. The van der Waals surface area contributed by atoms with Crippen molar-refractivity contribution in [2.75, 3.05) is 6.61 Å². The zero-order valence-corrected chi connectivity index (χ0v) is 19.4. The van der Waals surface area contributed by atoms with Crippen LogP contribution in [-0.4, -0.2) is 22.4 Å². The average molecular weight is 461 g/mol. The molecule has 2 heterocycles. The number of rotatable bonds is 7. The van der Waals surface area contributed by atoms with Crippen molar-refractivity contribution in [1.29, 1.82) is 0 Å². The van der Waals surface area contributed by atoms with Crippen molar-refractivity contribution in [1.82, 2.24) is 9.78 Å².